The molecule has 0 amide bonds. The summed E-state index contributed by atoms with van der Waals surface area (Å²) in [5.74, 6) is -0.330. The minimum Gasteiger partial charge on any atom is -0.462 e. The van der Waals surface area contributed by atoms with E-state index in [4.69, 9.17) is 15.2 Å². The molecule has 0 atom stereocenters. The molecule has 1 aromatic rings. The molecule has 0 saturated heterocycles. The van der Waals surface area contributed by atoms with Crippen LogP contribution in [0.5, 0.6) is 0 Å². The smallest absolute Gasteiger partial charge is 0.338 e. The zero-order valence-corrected chi connectivity index (χ0v) is 13.0. The molecular weight excluding hydrogens is 268 g/mol. The van der Waals surface area contributed by atoms with E-state index in [2.05, 4.69) is 12.2 Å². The largest absolute Gasteiger partial charge is 0.462 e. The van der Waals surface area contributed by atoms with Gasteiger partial charge in [0, 0.05) is 19.8 Å². The minimum absolute atomic E-state index is 0.330. The lowest BCUT2D eigenvalue weighted by Gasteiger charge is -2.11. The fraction of sp³-hybridized carbons (Fsp3) is 0.562. The molecule has 3 N–H and O–H groups in total. The number of hydrogen-bond acceptors (Lipinski definition) is 5. The van der Waals surface area contributed by atoms with Crippen LogP contribution in [0.2, 0.25) is 0 Å². The van der Waals surface area contributed by atoms with E-state index in [-0.39, 0.29) is 5.97 Å². The van der Waals surface area contributed by atoms with Gasteiger partial charge in [-0.05, 0) is 38.0 Å². The molecule has 5 heteroatoms. The third-order valence-corrected chi connectivity index (χ3v) is 2.99. The van der Waals surface area contributed by atoms with E-state index in [1.807, 2.05) is 0 Å². The normalized spacial score (nSPS) is 10.4. The monoisotopic (exact) mass is 294 g/mol. The lowest BCUT2D eigenvalue weighted by molar-refractivity contribution is 0.0526. The first kappa shape index (κ1) is 17.3. The molecule has 0 aliphatic rings. The van der Waals surface area contributed by atoms with Crippen LogP contribution >= 0.6 is 0 Å². The number of hydrogen-bond donors (Lipinski definition) is 2. The van der Waals surface area contributed by atoms with Gasteiger partial charge in [-0.3, -0.25) is 0 Å². The van der Waals surface area contributed by atoms with E-state index in [9.17, 15) is 4.79 Å². The average molecular weight is 294 g/mol. The summed E-state index contributed by atoms with van der Waals surface area (Å²) in [6.45, 7) is 6.59. The molecule has 0 radical (unpaired) electrons. The number of nitrogens with one attached hydrogen (secondary N) is 1. The Bertz CT molecular complexity index is 436. The van der Waals surface area contributed by atoms with Crippen molar-refractivity contribution >= 4 is 17.3 Å². The van der Waals surface area contributed by atoms with E-state index in [0.717, 1.165) is 44.7 Å². The number of benzene rings is 1. The van der Waals surface area contributed by atoms with Crippen LogP contribution in [0.1, 0.15) is 43.5 Å². The van der Waals surface area contributed by atoms with Gasteiger partial charge in [0.05, 0.1) is 23.5 Å². The van der Waals surface area contributed by atoms with Crippen LogP contribution < -0.4 is 11.1 Å². The molecule has 1 aromatic carbocycles. The summed E-state index contributed by atoms with van der Waals surface area (Å²) in [5, 5.41) is 3.23. The van der Waals surface area contributed by atoms with E-state index in [0.29, 0.717) is 17.9 Å². The van der Waals surface area contributed by atoms with E-state index >= 15 is 0 Å². The maximum atomic E-state index is 11.7. The molecule has 0 fully saturated rings. The molecule has 0 aliphatic carbocycles. The Morgan fingerprint density at radius 3 is 2.71 bits per heavy atom. The Kier molecular flexibility index (Phi) is 8.28. The lowest BCUT2D eigenvalue weighted by Crippen LogP contribution is -2.10. The first-order valence-corrected chi connectivity index (χ1v) is 7.57. The van der Waals surface area contributed by atoms with Crippen molar-refractivity contribution in [2.75, 3.05) is 37.4 Å². The van der Waals surface area contributed by atoms with Crippen LogP contribution in [-0.4, -0.2) is 32.3 Å². The van der Waals surface area contributed by atoms with Gasteiger partial charge in [0.1, 0.15) is 0 Å². The summed E-state index contributed by atoms with van der Waals surface area (Å²) >= 11 is 0. The summed E-state index contributed by atoms with van der Waals surface area (Å²) in [6.07, 6.45) is 3.14. The quantitative estimate of drug-likeness (QED) is 0.394. The van der Waals surface area contributed by atoms with Crippen LogP contribution in [-0.2, 0) is 9.47 Å². The van der Waals surface area contributed by atoms with Gasteiger partial charge in [-0.25, -0.2) is 4.79 Å². The highest BCUT2D eigenvalue weighted by atomic mass is 16.5. The maximum Gasteiger partial charge on any atom is 0.338 e. The predicted octanol–water partition coefficient (Wildman–Crippen LogP) is 3.06. The van der Waals surface area contributed by atoms with Gasteiger partial charge >= 0.3 is 5.97 Å². The first-order valence-electron chi connectivity index (χ1n) is 7.57. The van der Waals surface area contributed by atoms with Crippen molar-refractivity contribution < 1.29 is 14.3 Å². The maximum absolute atomic E-state index is 11.7. The number of unbranched alkanes of at least 4 members (excludes halogenated alkanes) is 1. The highest BCUT2D eigenvalue weighted by Crippen LogP contribution is 2.20. The SMILES string of the molecule is CCCCOCCCNc1cc(C(=O)OCC)ccc1N. The van der Waals surface area contributed by atoms with E-state index in [1.54, 1.807) is 25.1 Å². The second-order valence-electron chi connectivity index (χ2n) is 4.77. The number of esters is 1. The number of rotatable bonds is 10. The summed E-state index contributed by atoms with van der Waals surface area (Å²) in [4.78, 5) is 11.7. The highest BCUT2D eigenvalue weighted by Gasteiger charge is 2.08. The molecule has 0 aliphatic heterocycles. The average Bonchev–Trinajstić information content (AvgIpc) is 2.48. The third kappa shape index (κ3) is 6.49. The minimum atomic E-state index is -0.330. The van der Waals surface area contributed by atoms with Crippen LogP contribution in [0.25, 0.3) is 0 Å². The van der Waals surface area contributed by atoms with Crippen molar-refractivity contribution in [3.63, 3.8) is 0 Å². The summed E-state index contributed by atoms with van der Waals surface area (Å²) in [5.41, 5.74) is 7.78. The number of ether oxygens (including phenoxy) is 2. The van der Waals surface area contributed by atoms with Gasteiger partial charge in [-0.2, -0.15) is 0 Å². The van der Waals surface area contributed by atoms with Crippen LogP contribution in [0.3, 0.4) is 0 Å². The van der Waals surface area contributed by atoms with Crippen molar-refractivity contribution in [2.45, 2.75) is 33.1 Å². The van der Waals surface area contributed by atoms with Gasteiger partial charge < -0.3 is 20.5 Å². The van der Waals surface area contributed by atoms with Crippen LogP contribution in [0, 0.1) is 0 Å². The zero-order chi connectivity index (χ0) is 15.5. The summed E-state index contributed by atoms with van der Waals surface area (Å²) in [7, 11) is 0. The fourth-order valence-electron chi connectivity index (χ4n) is 1.80. The van der Waals surface area contributed by atoms with E-state index < -0.39 is 0 Å². The first-order chi connectivity index (χ1) is 10.2. The van der Waals surface area contributed by atoms with Gasteiger partial charge in [-0.15, -0.1) is 0 Å². The molecule has 0 unspecified atom stereocenters. The molecular formula is C16H26N2O3. The summed E-state index contributed by atoms with van der Waals surface area (Å²) < 4.78 is 10.5. The summed E-state index contributed by atoms with van der Waals surface area (Å²) in [6, 6.07) is 5.12. The number of nitrogen functional groups attached to an aromatic ring is 1. The van der Waals surface area contributed by atoms with Crippen molar-refractivity contribution in [1.82, 2.24) is 0 Å². The van der Waals surface area contributed by atoms with Gasteiger partial charge in [0.15, 0.2) is 0 Å². The predicted molar refractivity (Wildman–Crippen MR) is 85.6 cm³/mol. The second kappa shape index (κ2) is 10.0. The van der Waals surface area contributed by atoms with Crippen molar-refractivity contribution in [1.29, 1.82) is 0 Å². The number of nitrogens with two attached hydrogens (primary N) is 1. The van der Waals surface area contributed by atoms with Crippen LogP contribution in [0.4, 0.5) is 11.4 Å². The third-order valence-electron chi connectivity index (χ3n) is 2.99. The molecule has 0 saturated carbocycles. The van der Waals surface area contributed by atoms with E-state index in [1.165, 1.54) is 0 Å². The Morgan fingerprint density at radius 2 is 2.00 bits per heavy atom. The van der Waals surface area contributed by atoms with Crippen molar-refractivity contribution in [2.24, 2.45) is 0 Å². The molecule has 0 bridgehead atoms. The van der Waals surface area contributed by atoms with Gasteiger partial charge in [0.2, 0.25) is 0 Å². The molecule has 0 aromatic heterocycles. The Balaban J connectivity index is 2.40. The molecule has 1 rings (SSSR count). The van der Waals surface area contributed by atoms with Crippen molar-refractivity contribution in [3.8, 4) is 0 Å². The second-order valence-corrected chi connectivity index (χ2v) is 4.77. The van der Waals surface area contributed by atoms with Gasteiger partial charge in [0.25, 0.3) is 0 Å². The highest BCUT2D eigenvalue weighted by molar-refractivity contribution is 5.92. The molecule has 5 nitrogen and oxygen atoms in total. The standard InChI is InChI=1S/C16H26N2O3/c1-3-5-10-20-11-6-9-18-15-12-13(7-8-14(15)17)16(19)21-4-2/h7-8,12,18H,3-6,9-11,17H2,1-2H3. The molecule has 21 heavy (non-hydrogen) atoms. The Hall–Kier alpha value is -1.75. The lowest BCUT2D eigenvalue weighted by atomic mass is 10.1. The van der Waals surface area contributed by atoms with Crippen LogP contribution in [0.15, 0.2) is 18.2 Å². The topological polar surface area (TPSA) is 73.6 Å². The Morgan fingerprint density at radius 1 is 1.24 bits per heavy atom. The Labute approximate surface area is 126 Å². The number of carbonyl (C=O) groups excluding carboxylic acids is 1. The fourth-order valence-corrected chi connectivity index (χ4v) is 1.80. The number of carbonyl (C=O) groups is 1. The molecule has 118 valence electrons. The van der Waals surface area contributed by atoms with Crippen molar-refractivity contribution in [3.05, 3.63) is 23.8 Å². The number of anilines is 2. The molecule has 0 spiro atoms. The molecule has 0 heterocycles. The zero-order valence-electron chi connectivity index (χ0n) is 13.0. The van der Waals surface area contributed by atoms with Gasteiger partial charge in [-0.1, -0.05) is 13.3 Å².